The van der Waals surface area contributed by atoms with Gasteiger partial charge in [0, 0.05) is 13.6 Å². The summed E-state index contributed by atoms with van der Waals surface area (Å²) in [5.41, 5.74) is -0.405. The Balaban J connectivity index is 3.37. The summed E-state index contributed by atoms with van der Waals surface area (Å²) < 4.78 is 5.34. The average Bonchev–Trinajstić information content (AvgIpc) is 2.42. The lowest BCUT2D eigenvalue weighted by atomic mass is 10.1. The van der Waals surface area contributed by atoms with Gasteiger partial charge in [0.25, 0.3) is 0 Å². The Morgan fingerprint density at radius 3 is 1.52 bits per heavy atom. The van der Waals surface area contributed by atoms with Crippen molar-refractivity contribution in [2.45, 2.75) is 84.2 Å². The van der Waals surface area contributed by atoms with Crippen LogP contribution in [0, 0.1) is 0 Å². The molecule has 23 heavy (non-hydrogen) atoms. The van der Waals surface area contributed by atoms with Gasteiger partial charge in [0.2, 0.25) is 0 Å². The van der Waals surface area contributed by atoms with E-state index in [4.69, 9.17) is 4.74 Å². The van der Waals surface area contributed by atoms with Crippen LogP contribution in [0.25, 0.3) is 0 Å². The number of ether oxygens (including phenoxy) is 1. The molecule has 0 atom stereocenters. The second-order valence-corrected chi connectivity index (χ2v) is 7.89. The molecule has 0 spiro atoms. The van der Waals surface area contributed by atoms with Crippen molar-refractivity contribution in [2.75, 3.05) is 34.2 Å². The van der Waals surface area contributed by atoms with Gasteiger partial charge in [0.15, 0.2) is 0 Å². The minimum absolute atomic E-state index is 0.213. The van der Waals surface area contributed by atoms with Crippen LogP contribution < -0.4 is 0 Å². The molecule has 0 aromatic heterocycles. The lowest BCUT2D eigenvalue weighted by Gasteiger charge is -2.24. The van der Waals surface area contributed by atoms with Crippen molar-refractivity contribution in [1.82, 2.24) is 9.80 Å². The lowest BCUT2D eigenvalue weighted by molar-refractivity contribution is 0.0296. The zero-order valence-corrected chi connectivity index (χ0v) is 16.5. The summed E-state index contributed by atoms with van der Waals surface area (Å²) in [5, 5.41) is 0. The first-order valence-electron chi connectivity index (χ1n) is 9.31. The van der Waals surface area contributed by atoms with Crippen molar-refractivity contribution in [1.29, 1.82) is 0 Å². The highest BCUT2D eigenvalue weighted by molar-refractivity contribution is 5.67. The molecule has 0 aromatic carbocycles. The quantitative estimate of drug-likeness (QED) is 0.476. The molecule has 0 N–H and O–H groups in total. The standard InChI is InChI=1S/C19H40N2O2/c1-19(2,3)23-18(22)21(6)17-15-13-11-9-7-8-10-12-14-16-20(4)5/h7-17H2,1-6H3. The van der Waals surface area contributed by atoms with Gasteiger partial charge in [0.05, 0.1) is 0 Å². The molecule has 0 heterocycles. The molecular formula is C19H40N2O2. The number of rotatable bonds is 12. The van der Waals surface area contributed by atoms with Gasteiger partial charge >= 0.3 is 6.09 Å². The molecular weight excluding hydrogens is 288 g/mol. The molecule has 1 amide bonds. The van der Waals surface area contributed by atoms with Crippen LogP contribution in [0.2, 0.25) is 0 Å². The van der Waals surface area contributed by atoms with E-state index in [0.29, 0.717) is 0 Å². The van der Waals surface area contributed by atoms with Crippen molar-refractivity contribution in [3.63, 3.8) is 0 Å². The molecule has 0 aromatic rings. The maximum atomic E-state index is 11.8. The van der Waals surface area contributed by atoms with Crippen LogP contribution in [0.15, 0.2) is 0 Å². The van der Waals surface area contributed by atoms with Gasteiger partial charge in [-0.1, -0.05) is 44.9 Å². The van der Waals surface area contributed by atoms with Crippen molar-refractivity contribution in [3.8, 4) is 0 Å². The zero-order chi connectivity index (χ0) is 17.7. The van der Waals surface area contributed by atoms with Crippen LogP contribution in [-0.4, -0.2) is 55.7 Å². The summed E-state index contributed by atoms with van der Waals surface area (Å²) in [7, 11) is 6.10. The van der Waals surface area contributed by atoms with E-state index in [0.717, 1.165) is 13.0 Å². The minimum atomic E-state index is -0.405. The second kappa shape index (κ2) is 12.6. The molecule has 0 rings (SSSR count). The molecule has 0 fully saturated rings. The third kappa shape index (κ3) is 15.9. The van der Waals surface area contributed by atoms with E-state index in [1.54, 1.807) is 4.90 Å². The van der Waals surface area contributed by atoms with Gasteiger partial charge in [-0.3, -0.25) is 0 Å². The van der Waals surface area contributed by atoms with Crippen molar-refractivity contribution in [2.24, 2.45) is 0 Å². The first-order valence-corrected chi connectivity index (χ1v) is 9.31. The van der Waals surface area contributed by atoms with Gasteiger partial charge in [-0.25, -0.2) is 4.79 Å². The van der Waals surface area contributed by atoms with Crippen LogP contribution in [0.5, 0.6) is 0 Å². The van der Waals surface area contributed by atoms with Crippen LogP contribution in [-0.2, 0) is 4.74 Å². The number of carbonyl (C=O) groups excluding carboxylic acids is 1. The first-order chi connectivity index (χ1) is 10.7. The number of amides is 1. The maximum Gasteiger partial charge on any atom is 0.410 e. The molecule has 0 unspecified atom stereocenters. The Kier molecular flexibility index (Phi) is 12.2. The summed E-state index contributed by atoms with van der Waals surface area (Å²) in [5.74, 6) is 0. The summed E-state index contributed by atoms with van der Waals surface area (Å²) in [6.45, 7) is 7.71. The summed E-state index contributed by atoms with van der Waals surface area (Å²) in [4.78, 5) is 15.7. The van der Waals surface area contributed by atoms with E-state index in [1.807, 2.05) is 27.8 Å². The second-order valence-electron chi connectivity index (χ2n) is 7.89. The molecule has 0 aliphatic rings. The van der Waals surface area contributed by atoms with E-state index < -0.39 is 5.60 Å². The predicted molar refractivity (Wildman–Crippen MR) is 99.0 cm³/mol. The fourth-order valence-electron chi connectivity index (χ4n) is 2.45. The van der Waals surface area contributed by atoms with E-state index in [1.165, 1.54) is 57.9 Å². The molecule has 4 nitrogen and oxygen atoms in total. The average molecular weight is 329 g/mol. The Bertz CT molecular complexity index is 298. The minimum Gasteiger partial charge on any atom is -0.444 e. The number of hydrogen-bond acceptors (Lipinski definition) is 3. The predicted octanol–water partition coefficient (Wildman–Crippen LogP) is 4.93. The summed E-state index contributed by atoms with van der Waals surface area (Å²) >= 11 is 0. The van der Waals surface area contributed by atoms with Crippen LogP contribution in [0.4, 0.5) is 4.79 Å². The van der Waals surface area contributed by atoms with Crippen LogP contribution in [0.1, 0.15) is 78.6 Å². The number of carbonyl (C=O) groups is 1. The van der Waals surface area contributed by atoms with E-state index >= 15 is 0 Å². The Hall–Kier alpha value is -0.770. The van der Waals surface area contributed by atoms with Gasteiger partial charge < -0.3 is 14.5 Å². The van der Waals surface area contributed by atoms with E-state index in [2.05, 4.69) is 19.0 Å². The van der Waals surface area contributed by atoms with Crippen molar-refractivity contribution in [3.05, 3.63) is 0 Å². The number of unbranched alkanes of at least 4 members (excludes halogenated alkanes) is 8. The molecule has 0 aliphatic carbocycles. The first kappa shape index (κ1) is 22.2. The highest BCUT2D eigenvalue weighted by atomic mass is 16.6. The Morgan fingerprint density at radius 1 is 0.739 bits per heavy atom. The fourth-order valence-corrected chi connectivity index (χ4v) is 2.45. The molecule has 0 aliphatic heterocycles. The smallest absolute Gasteiger partial charge is 0.410 e. The van der Waals surface area contributed by atoms with Gasteiger partial charge in [-0.05, 0) is 54.3 Å². The molecule has 0 saturated heterocycles. The molecule has 0 bridgehead atoms. The fraction of sp³-hybridized carbons (Fsp3) is 0.947. The molecule has 0 radical (unpaired) electrons. The summed E-state index contributed by atoms with van der Waals surface area (Å²) in [6, 6.07) is 0. The Labute approximate surface area is 144 Å². The molecule has 0 saturated carbocycles. The normalized spacial score (nSPS) is 11.8. The third-order valence-electron chi connectivity index (χ3n) is 3.80. The lowest BCUT2D eigenvalue weighted by Crippen LogP contribution is -2.34. The topological polar surface area (TPSA) is 32.8 Å². The van der Waals surface area contributed by atoms with E-state index in [-0.39, 0.29) is 6.09 Å². The third-order valence-corrected chi connectivity index (χ3v) is 3.80. The monoisotopic (exact) mass is 328 g/mol. The van der Waals surface area contributed by atoms with Gasteiger partial charge in [-0.2, -0.15) is 0 Å². The van der Waals surface area contributed by atoms with Crippen LogP contribution in [0.3, 0.4) is 0 Å². The number of nitrogens with zero attached hydrogens (tertiary/aromatic N) is 2. The SMILES string of the molecule is CN(C)CCCCCCCCCCCN(C)C(=O)OC(C)(C)C. The highest BCUT2D eigenvalue weighted by Gasteiger charge is 2.18. The van der Waals surface area contributed by atoms with Gasteiger partial charge in [0.1, 0.15) is 5.60 Å². The van der Waals surface area contributed by atoms with Crippen molar-refractivity contribution < 1.29 is 9.53 Å². The highest BCUT2D eigenvalue weighted by Crippen LogP contribution is 2.12. The molecule has 4 heteroatoms. The zero-order valence-electron chi connectivity index (χ0n) is 16.5. The van der Waals surface area contributed by atoms with E-state index in [9.17, 15) is 4.79 Å². The maximum absolute atomic E-state index is 11.8. The van der Waals surface area contributed by atoms with Crippen LogP contribution >= 0.6 is 0 Å². The Morgan fingerprint density at radius 2 is 1.13 bits per heavy atom. The largest absolute Gasteiger partial charge is 0.444 e. The number of hydrogen-bond donors (Lipinski definition) is 0. The molecule has 138 valence electrons. The summed E-state index contributed by atoms with van der Waals surface area (Å²) in [6.07, 6.45) is 11.4. The van der Waals surface area contributed by atoms with Gasteiger partial charge in [-0.15, -0.1) is 0 Å². The van der Waals surface area contributed by atoms with Crippen molar-refractivity contribution >= 4 is 6.09 Å².